The predicted octanol–water partition coefficient (Wildman–Crippen LogP) is 5.18. The molecule has 0 N–H and O–H groups in total. The van der Waals surface area contributed by atoms with Crippen molar-refractivity contribution in [2.24, 2.45) is 5.41 Å². The maximum absolute atomic E-state index is 14.0. The van der Waals surface area contributed by atoms with E-state index in [-0.39, 0.29) is 11.5 Å². The number of fused-ring (bicyclic) bond motifs is 2. The lowest BCUT2D eigenvalue weighted by molar-refractivity contribution is -0.147. The first-order chi connectivity index (χ1) is 13.3. The van der Waals surface area contributed by atoms with Crippen LogP contribution in [0.3, 0.4) is 0 Å². The number of carbonyl (C=O) groups is 1. The molecule has 2 fully saturated rings. The highest BCUT2D eigenvalue weighted by molar-refractivity contribution is 7.58. The summed E-state index contributed by atoms with van der Waals surface area (Å²) in [6.45, 7) is 4.65. The minimum atomic E-state index is -3.63. The standard InChI is InChI=1S/C20H23ClNO5P/c1-20(2)10-25-28(24,26-11-20)18-13-5-3-4-6-15(13)22-16-8-7-12(21)9-14(16)17(18)19(23)27-22/h7-9,15,17H,3-6,10-11H2,1-2H3/t15-,17+/m0/s1. The molecule has 1 aliphatic carbocycles. The van der Waals surface area contributed by atoms with Crippen molar-refractivity contribution in [1.82, 2.24) is 0 Å². The van der Waals surface area contributed by atoms with Gasteiger partial charge in [-0.2, -0.15) is 5.06 Å². The fourth-order valence-corrected chi connectivity index (χ4v) is 7.33. The Kier molecular flexibility index (Phi) is 4.23. The number of halogens is 1. The number of hydrogen-bond acceptors (Lipinski definition) is 6. The lowest BCUT2D eigenvalue weighted by atomic mass is 9.87. The van der Waals surface area contributed by atoms with Crippen LogP contribution in [0, 0.1) is 5.41 Å². The molecule has 0 amide bonds. The summed E-state index contributed by atoms with van der Waals surface area (Å²) in [5, 5.41) is 2.70. The van der Waals surface area contributed by atoms with Gasteiger partial charge in [0, 0.05) is 10.4 Å². The molecule has 0 radical (unpaired) electrons. The number of rotatable bonds is 1. The van der Waals surface area contributed by atoms with E-state index in [1.54, 1.807) is 17.2 Å². The zero-order chi connectivity index (χ0) is 19.7. The summed E-state index contributed by atoms with van der Waals surface area (Å²) < 4.78 is 25.7. The molecule has 0 spiro atoms. The van der Waals surface area contributed by atoms with Gasteiger partial charge in [-0.05, 0) is 48.6 Å². The molecular formula is C20H23ClNO5P. The highest BCUT2D eigenvalue weighted by Gasteiger charge is 2.54. The molecule has 3 aliphatic heterocycles. The monoisotopic (exact) mass is 423 g/mol. The summed E-state index contributed by atoms with van der Waals surface area (Å²) in [7, 11) is -3.63. The molecule has 150 valence electrons. The Labute approximate surface area is 169 Å². The summed E-state index contributed by atoms with van der Waals surface area (Å²) in [4.78, 5) is 18.8. The normalized spacial score (nSPS) is 30.4. The molecule has 5 rings (SSSR count). The third kappa shape index (κ3) is 2.77. The van der Waals surface area contributed by atoms with E-state index >= 15 is 0 Å². The lowest BCUT2D eigenvalue weighted by Crippen LogP contribution is -2.41. The van der Waals surface area contributed by atoms with Gasteiger partial charge < -0.3 is 13.9 Å². The number of nitrogens with zero attached hydrogens (tertiary/aromatic N) is 1. The van der Waals surface area contributed by atoms with Crippen LogP contribution in [0.2, 0.25) is 5.02 Å². The van der Waals surface area contributed by atoms with Gasteiger partial charge in [0.25, 0.3) is 0 Å². The van der Waals surface area contributed by atoms with Crippen LogP contribution in [0.1, 0.15) is 51.0 Å². The Balaban J connectivity index is 1.72. The summed E-state index contributed by atoms with van der Waals surface area (Å²) in [6.07, 6.45) is 3.58. The molecule has 1 saturated heterocycles. The third-order valence-corrected chi connectivity index (χ3v) is 8.28. The van der Waals surface area contributed by atoms with E-state index in [9.17, 15) is 9.36 Å². The number of carbonyl (C=O) groups excluding carboxylic acids is 1. The highest BCUT2D eigenvalue weighted by Crippen LogP contribution is 2.68. The minimum Gasteiger partial charge on any atom is -0.339 e. The second-order valence-corrected chi connectivity index (χ2v) is 11.2. The van der Waals surface area contributed by atoms with Crippen molar-refractivity contribution >= 4 is 30.9 Å². The first-order valence-electron chi connectivity index (χ1n) is 9.72. The van der Waals surface area contributed by atoms with E-state index in [1.807, 2.05) is 19.9 Å². The Morgan fingerprint density at radius 1 is 1.21 bits per heavy atom. The third-order valence-electron chi connectivity index (χ3n) is 5.97. The molecule has 2 atom stereocenters. The van der Waals surface area contributed by atoms with Gasteiger partial charge in [-0.25, -0.2) is 4.79 Å². The average Bonchev–Trinajstić information content (AvgIpc) is 2.86. The van der Waals surface area contributed by atoms with Crippen LogP contribution in [0.5, 0.6) is 0 Å². The molecule has 8 heteroatoms. The Hall–Kier alpha value is -1.33. The molecule has 6 nitrogen and oxygen atoms in total. The van der Waals surface area contributed by atoms with Crippen molar-refractivity contribution < 1.29 is 23.2 Å². The maximum atomic E-state index is 14.0. The summed E-state index contributed by atoms with van der Waals surface area (Å²) >= 11 is 6.25. The molecule has 4 aliphatic rings. The van der Waals surface area contributed by atoms with Crippen LogP contribution in [-0.4, -0.2) is 25.2 Å². The van der Waals surface area contributed by atoms with Crippen LogP contribution >= 0.6 is 19.2 Å². The van der Waals surface area contributed by atoms with E-state index in [1.165, 1.54) is 0 Å². The van der Waals surface area contributed by atoms with Crippen molar-refractivity contribution in [2.75, 3.05) is 18.3 Å². The molecule has 1 saturated carbocycles. The summed E-state index contributed by atoms with van der Waals surface area (Å²) in [5.41, 5.74) is 2.27. The van der Waals surface area contributed by atoms with E-state index in [4.69, 9.17) is 25.5 Å². The Bertz CT molecular complexity index is 929. The van der Waals surface area contributed by atoms with Crippen molar-refractivity contribution in [3.8, 4) is 0 Å². The van der Waals surface area contributed by atoms with Crippen LogP contribution in [0.4, 0.5) is 5.69 Å². The first kappa shape index (κ1) is 18.7. The van der Waals surface area contributed by atoms with Gasteiger partial charge in [-0.15, -0.1) is 0 Å². The quantitative estimate of drug-likeness (QED) is 0.580. The topological polar surface area (TPSA) is 65.1 Å². The largest absolute Gasteiger partial charge is 0.358 e. The minimum absolute atomic E-state index is 0.145. The SMILES string of the molecule is CC1(C)COP(=O)(C2=C3CCCC[C@@H]3N3OC(=O)[C@@H]2c2cc(Cl)ccc23)OC1. The van der Waals surface area contributed by atoms with Crippen LogP contribution in [-0.2, 0) is 23.2 Å². The number of hydrogen-bond donors (Lipinski definition) is 0. The summed E-state index contributed by atoms with van der Waals surface area (Å²) in [6, 6.07) is 5.28. The van der Waals surface area contributed by atoms with Crippen molar-refractivity contribution in [2.45, 2.75) is 51.5 Å². The second-order valence-electron chi connectivity index (χ2n) is 8.75. The lowest BCUT2D eigenvalue weighted by Gasteiger charge is -2.37. The number of anilines is 1. The van der Waals surface area contributed by atoms with Gasteiger partial charge in [-0.3, -0.25) is 4.57 Å². The van der Waals surface area contributed by atoms with Gasteiger partial charge in [0.1, 0.15) is 5.92 Å². The van der Waals surface area contributed by atoms with Crippen molar-refractivity contribution in [3.05, 3.63) is 39.7 Å². The van der Waals surface area contributed by atoms with Crippen molar-refractivity contribution in [1.29, 1.82) is 0 Å². The fourth-order valence-electron chi connectivity index (χ4n) is 4.58. The molecule has 1 aromatic rings. The average molecular weight is 424 g/mol. The van der Waals surface area contributed by atoms with Gasteiger partial charge >= 0.3 is 13.6 Å². The van der Waals surface area contributed by atoms with Crippen molar-refractivity contribution in [3.63, 3.8) is 0 Å². The zero-order valence-electron chi connectivity index (χ0n) is 15.9. The van der Waals surface area contributed by atoms with Gasteiger partial charge in [-0.1, -0.05) is 31.9 Å². The van der Waals surface area contributed by atoms with Gasteiger partial charge in [0.05, 0.1) is 30.3 Å². The van der Waals surface area contributed by atoms with E-state index < -0.39 is 19.5 Å². The molecule has 0 unspecified atom stereocenters. The molecular weight excluding hydrogens is 401 g/mol. The van der Waals surface area contributed by atoms with Crippen LogP contribution < -0.4 is 5.06 Å². The molecule has 28 heavy (non-hydrogen) atoms. The fraction of sp³-hybridized carbons (Fsp3) is 0.550. The summed E-state index contributed by atoms with van der Waals surface area (Å²) in [5.74, 6) is -1.26. The van der Waals surface area contributed by atoms with Crippen LogP contribution in [0.15, 0.2) is 29.1 Å². The van der Waals surface area contributed by atoms with E-state index in [2.05, 4.69) is 0 Å². The van der Waals surface area contributed by atoms with E-state index in [0.29, 0.717) is 29.1 Å². The molecule has 0 aromatic heterocycles. The Morgan fingerprint density at radius 3 is 2.71 bits per heavy atom. The molecule has 1 aromatic carbocycles. The zero-order valence-corrected chi connectivity index (χ0v) is 17.6. The highest BCUT2D eigenvalue weighted by atomic mass is 35.5. The van der Waals surface area contributed by atoms with Gasteiger partial charge in [0.2, 0.25) is 0 Å². The molecule has 2 bridgehead atoms. The number of benzene rings is 1. The molecule has 3 heterocycles. The first-order valence-corrected chi connectivity index (χ1v) is 11.6. The second kappa shape index (κ2) is 6.33. The maximum Gasteiger partial charge on any atom is 0.358 e. The predicted molar refractivity (Wildman–Crippen MR) is 105 cm³/mol. The van der Waals surface area contributed by atoms with Crippen LogP contribution in [0.25, 0.3) is 0 Å². The Morgan fingerprint density at radius 2 is 1.96 bits per heavy atom. The number of hydroxylamine groups is 1. The van der Waals surface area contributed by atoms with Gasteiger partial charge in [0.15, 0.2) is 0 Å². The van der Waals surface area contributed by atoms with E-state index in [0.717, 1.165) is 36.9 Å². The smallest absolute Gasteiger partial charge is 0.339 e.